The largest absolute Gasteiger partial charge is 0.480 e. The molecule has 3 heterocycles. The maximum absolute atomic E-state index is 10.7. The Morgan fingerprint density at radius 3 is 2.85 bits per heavy atom. The molecule has 12 heteroatoms. The number of anilines is 1. The van der Waals surface area contributed by atoms with Gasteiger partial charge < -0.3 is 31.5 Å². The lowest BCUT2D eigenvalue weighted by Gasteiger charge is -2.16. The molecule has 0 aromatic carbocycles. The van der Waals surface area contributed by atoms with Gasteiger partial charge in [-0.2, -0.15) is 11.8 Å². The number of thioether (sulfide) groups is 1. The number of ether oxygens (including phenoxy) is 1. The number of carboxylic acids is 1. The topological polar surface area (TPSA) is 183 Å². The molecule has 1 unspecified atom stereocenters. The van der Waals surface area contributed by atoms with Gasteiger partial charge >= 0.3 is 5.97 Å². The molecule has 2 aromatic rings. The number of carbonyl (C=O) groups is 1. The summed E-state index contributed by atoms with van der Waals surface area (Å²) in [7, 11) is 0. The van der Waals surface area contributed by atoms with Crippen LogP contribution in [0.3, 0.4) is 0 Å². The summed E-state index contributed by atoms with van der Waals surface area (Å²) in [4.78, 5) is 22.8. The van der Waals surface area contributed by atoms with Gasteiger partial charge in [0.05, 0.1) is 12.4 Å². The van der Waals surface area contributed by atoms with Crippen LogP contribution in [0.25, 0.3) is 11.2 Å². The second-order valence-corrected chi connectivity index (χ2v) is 7.09. The van der Waals surface area contributed by atoms with E-state index in [1.807, 2.05) is 0 Å². The molecule has 142 valence electrons. The molecule has 0 amide bonds. The fourth-order valence-electron chi connectivity index (χ4n) is 2.69. The van der Waals surface area contributed by atoms with Crippen molar-refractivity contribution in [1.29, 1.82) is 0 Å². The lowest BCUT2D eigenvalue weighted by atomic mass is 10.1. The number of aliphatic carboxylic acids is 1. The van der Waals surface area contributed by atoms with E-state index in [1.54, 1.807) is 0 Å². The molecule has 1 aliphatic rings. The van der Waals surface area contributed by atoms with Crippen LogP contribution in [0, 0.1) is 0 Å². The van der Waals surface area contributed by atoms with Crippen molar-refractivity contribution in [3.05, 3.63) is 12.7 Å². The van der Waals surface area contributed by atoms with E-state index in [2.05, 4.69) is 15.0 Å². The van der Waals surface area contributed by atoms with Crippen LogP contribution in [0.1, 0.15) is 12.6 Å². The number of hydrogen-bond donors (Lipinski definition) is 5. The van der Waals surface area contributed by atoms with Crippen LogP contribution in [0.5, 0.6) is 0 Å². The van der Waals surface area contributed by atoms with Crippen LogP contribution in [0.2, 0.25) is 0 Å². The van der Waals surface area contributed by atoms with Crippen molar-refractivity contribution in [2.45, 2.75) is 37.0 Å². The summed E-state index contributed by atoms with van der Waals surface area (Å²) in [5.41, 5.74) is 12.0. The van der Waals surface area contributed by atoms with Gasteiger partial charge in [0.2, 0.25) is 0 Å². The predicted octanol–water partition coefficient (Wildman–Crippen LogP) is -1.44. The fraction of sp³-hybridized carbons (Fsp3) is 0.571. The highest BCUT2D eigenvalue weighted by Gasteiger charge is 2.44. The quantitative estimate of drug-likeness (QED) is 0.352. The summed E-state index contributed by atoms with van der Waals surface area (Å²) in [6.07, 6.45) is -0.747. The zero-order chi connectivity index (χ0) is 18.8. The standard InChI is InChI=1S/C14H20N6O5S/c15-6(14(23)24)1-2-26-3-7-9(21)10(22)13(25-7)20-5-19-8-11(16)17-4-18-12(8)20/h4-7,9-10,13,21-22H,1-3,15H2,(H,23,24)(H2,16,17,18)/t6?,7-,9+,10+,13+/m0/s1. The molecule has 7 N–H and O–H groups in total. The molecule has 0 radical (unpaired) electrons. The van der Waals surface area contributed by atoms with E-state index < -0.39 is 36.6 Å². The van der Waals surface area contributed by atoms with Gasteiger partial charge in [0.15, 0.2) is 17.7 Å². The Morgan fingerprint density at radius 2 is 2.12 bits per heavy atom. The van der Waals surface area contributed by atoms with E-state index in [9.17, 15) is 15.0 Å². The lowest BCUT2D eigenvalue weighted by Crippen LogP contribution is -2.33. The van der Waals surface area contributed by atoms with Crippen molar-refractivity contribution in [2.24, 2.45) is 5.73 Å². The van der Waals surface area contributed by atoms with Crippen molar-refractivity contribution < 1.29 is 24.9 Å². The molecular formula is C14H20N6O5S. The van der Waals surface area contributed by atoms with Gasteiger partial charge in [0.25, 0.3) is 0 Å². The first kappa shape index (κ1) is 18.8. The van der Waals surface area contributed by atoms with Gasteiger partial charge in [-0.3, -0.25) is 9.36 Å². The molecule has 0 bridgehead atoms. The SMILES string of the molecule is Nc1ncnc2c1ncn2[C@@H]1O[C@@H](CSCCC(N)C(=O)O)[C@@H](O)[C@H]1O. The fourth-order valence-corrected chi connectivity index (χ4v) is 3.78. The Morgan fingerprint density at radius 1 is 1.35 bits per heavy atom. The predicted molar refractivity (Wildman–Crippen MR) is 93.2 cm³/mol. The number of aromatic nitrogens is 4. The van der Waals surface area contributed by atoms with Crippen molar-refractivity contribution in [3.63, 3.8) is 0 Å². The number of aliphatic hydroxyl groups is 2. The van der Waals surface area contributed by atoms with Crippen LogP contribution in [-0.2, 0) is 9.53 Å². The van der Waals surface area contributed by atoms with Crippen molar-refractivity contribution in [2.75, 3.05) is 17.2 Å². The number of rotatable bonds is 7. The Bertz CT molecular complexity index is 788. The first-order chi connectivity index (χ1) is 12.4. The summed E-state index contributed by atoms with van der Waals surface area (Å²) in [5, 5.41) is 29.3. The summed E-state index contributed by atoms with van der Waals surface area (Å²) < 4.78 is 7.29. The maximum atomic E-state index is 10.7. The van der Waals surface area contributed by atoms with Gasteiger partial charge in [-0.25, -0.2) is 15.0 Å². The highest BCUT2D eigenvalue weighted by atomic mass is 32.2. The summed E-state index contributed by atoms with van der Waals surface area (Å²) in [5.74, 6) is 0.0405. The van der Waals surface area contributed by atoms with Crippen molar-refractivity contribution in [1.82, 2.24) is 19.5 Å². The number of nitrogens with zero attached hydrogens (tertiary/aromatic N) is 4. The molecule has 1 saturated heterocycles. The average molecular weight is 384 g/mol. The Labute approximate surface area is 152 Å². The summed E-state index contributed by atoms with van der Waals surface area (Å²) in [6.45, 7) is 0. The molecular weight excluding hydrogens is 364 g/mol. The van der Waals surface area contributed by atoms with Gasteiger partial charge in [-0.1, -0.05) is 0 Å². The highest BCUT2D eigenvalue weighted by Crippen LogP contribution is 2.33. The Kier molecular flexibility index (Phi) is 5.58. The zero-order valence-electron chi connectivity index (χ0n) is 13.7. The molecule has 0 saturated carbocycles. The number of nitrogens with two attached hydrogens (primary N) is 2. The second kappa shape index (κ2) is 7.72. The first-order valence-corrected chi connectivity index (χ1v) is 9.06. The second-order valence-electron chi connectivity index (χ2n) is 5.94. The monoisotopic (exact) mass is 384 g/mol. The molecule has 1 fully saturated rings. The third-order valence-electron chi connectivity index (χ3n) is 4.17. The molecule has 0 spiro atoms. The van der Waals surface area contributed by atoms with Crippen LogP contribution >= 0.6 is 11.8 Å². The normalized spacial score (nSPS) is 27.0. The molecule has 0 aliphatic carbocycles. The third-order valence-corrected chi connectivity index (χ3v) is 5.26. The number of fused-ring (bicyclic) bond motifs is 1. The van der Waals surface area contributed by atoms with E-state index in [-0.39, 0.29) is 5.82 Å². The smallest absolute Gasteiger partial charge is 0.320 e. The molecule has 1 aliphatic heterocycles. The number of nitrogen functional groups attached to an aromatic ring is 1. The Hall–Kier alpha value is -1.99. The summed E-state index contributed by atoms with van der Waals surface area (Å²) >= 11 is 1.40. The van der Waals surface area contributed by atoms with Crippen molar-refractivity contribution in [3.8, 4) is 0 Å². The van der Waals surface area contributed by atoms with E-state index in [0.29, 0.717) is 29.1 Å². The van der Waals surface area contributed by atoms with E-state index in [4.69, 9.17) is 21.3 Å². The lowest BCUT2D eigenvalue weighted by molar-refractivity contribution is -0.138. The summed E-state index contributed by atoms with van der Waals surface area (Å²) in [6, 6.07) is -0.919. The van der Waals surface area contributed by atoms with Gasteiger partial charge in [-0.15, -0.1) is 0 Å². The van der Waals surface area contributed by atoms with Crippen LogP contribution in [-0.4, -0.2) is 76.7 Å². The minimum absolute atomic E-state index is 0.212. The van der Waals surface area contributed by atoms with Gasteiger partial charge in [0, 0.05) is 5.75 Å². The van der Waals surface area contributed by atoms with E-state index in [1.165, 1.54) is 29.0 Å². The van der Waals surface area contributed by atoms with E-state index in [0.717, 1.165) is 0 Å². The minimum Gasteiger partial charge on any atom is -0.480 e. The molecule has 2 aromatic heterocycles. The number of imidazole rings is 1. The number of hydrogen-bond acceptors (Lipinski definition) is 10. The van der Waals surface area contributed by atoms with Gasteiger partial charge in [-0.05, 0) is 12.2 Å². The Balaban J connectivity index is 1.64. The third kappa shape index (κ3) is 3.59. The highest BCUT2D eigenvalue weighted by molar-refractivity contribution is 7.99. The molecule has 3 rings (SSSR count). The first-order valence-electron chi connectivity index (χ1n) is 7.91. The van der Waals surface area contributed by atoms with Crippen LogP contribution in [0.4, 0.5) is 5.82 Å². The molecule has 26 heavy (non-hydrogen) atoms. The van der Waals surface area contributed by atoms with Crippen LogP contribution < -0.4 is 11.5 Å². The molecule has 5 atom stereocenters. The maximum Gasteiger partial charge on any atom is 0.320 e. The minimum atomic E-state index is -1.17. The van der Waals surface area contributed by atoms with Crippen molar-refractivity contribution >= 4 is 34.7 Å². The number of aliphatic hydroxyl groups excluding tert-OH is 2. The molecule has 11 nitrogen and oxygen atoms in total. The number of carboxylic acid groups (broad SMARTS) is 1. The van der Waals surface area contributed by atoms with Gasteiger partial charge in [0.1, 0.15) is 30.1 Å². The van der Waals surface area contributed by atoms with E-state index >= 15 is 0 Å². The van der Waals surface area contributed by atoms with Crippen LogP contribution in [0.15, 0.2) is 12.7 Å². The zero-order valence-corrected chi connectivity index (χ0v) is 14.5. The average Bonchev–Trinajstić information content (AvgIpc) is 3.15.